The van der Waals surface area contributed by atoms with Crippen molar-refractivity contribution >= 4 is 57.6 Å². The number of nitrogens with zero attached hydrogens (tertiary/aromatic N) is 3. The molecule has 4 rings (SSSR count). The maximum Gasteiger partial charge on any atom is 0.262 e. The number of furan rings is 1. The molecule has 4 aromatic rings. The van der Waals surface area contributed by atoms with Crippen molar-refractivity contribution in [1.82, 2.24) is 14.5 Å². The number of benzene rings is 1. The van der Waals surface area contributed by atoms with Crippen LogP contribution in [-0.2, 0) is 11.3 Å². The third kappa shape index (κ3) is 4.92. The summed E-state index contributed by atoms with van der Waals surface area (Å²) >= 11 is 13.1. The molecule has 0 fully saturated rings. The lowest BCUT2D eigenvalue weighted by Gasteiger charge is -2.16. The third-order valence-corrected chi connectivity index (χ3v) is 5.96. The molecular formula is C21H16Cl2N4O3S. The van der Waals surface area contributed by atoms with E-state index in [0.29, 0.717) is 37.7 Å². The Bertz CT molecular complexity index is 1290. The van der Waals surface area contributed by atoms with Gasteiger partial charge < -0.3 is 9.73 Å². The molecule has 0 saturated heterocycles. The van der Waals surface area contributed by atoms with Crippen LogP contribution < -0.4 is 10.9 Å². The first-order chi connectivity index (χ1) is 14.9. The fraction of sp³-hybridized carbons (Fsp3) is 0.143. The normalized spacial score (nSPS) is 12.1. The zero-order valence-electron chi connectivity index (χ0n) is 16.2. The van der Waals surface area contributed by atoms with Crippen molar-refractivity contribution < 1.29 is 9.21 Å². The Balaban J connectivity index is 1.66. The van der Waals surface area contributed by atoms with Gasteiger partial charge in [0.25, 0.3) is 5.56 Å². The Labute approximate surface area is 191 Å². The van der Waals surface area contributed by atoms with Crippen LogP contribution in [0.4, 0.5) is 5.82 Å². The molecule has 158 valence electrons. The molecule has 31 heavy (non-hydrogen) atoms. The summed E-state index contributed by atoms with van der Waals surface area (Å²) in [7, 11) is 0. The molecular weight excluding hydrogens is 459 g/mol. The Morgan fingerprint density at radius 1 is 1.23 bits per heavy atom. The zero-order valence-corrected chi connectivity index (χ0v) is 18.5. The van der Waals surface area contributed by atoms with Crippen LogP contribution in [0, 0.1) is 0 Å². The number of amides is 1. The number of hydrogen-bond acceptors (Lipinski definition) is 6. The lowest BCUT2D eigenvalue weighted by molar-refractivity contribution is -0.115. The second kappa shape index (κ2) is 9.13. The number of carbonyl (C=O) groups is 1. The van der Waals surface area contributed by atoms with Crippen LogP contribution in [0.5, 0.6) is 0 Å². The second-order valence-electron chi connectivity index (χ2n) is 6.64. The van der Waals surface area contributed by atoms with Gasteiger partial charge in [-0.2, -0.15) is 0 Å². The number of nitrogens with one attached hydrogen (secondary N) is 1. The van der Waals surface area contributed by atoms with E-state index < -0.39 is 5.25 Å². The topological polar surface area (TPSA) is 90.0 Å². The fourth-order valence-electron chi connectivity index (χ4n) is 2.85. The molecule has 1 amide bonds. The molecule has 0 bridgehead atoms. The number of aromatic nitrogens is 3. The van der Waals surface area contributed by atoms with Gasteiger partial charge in [-0.05, 0) is 49.4 Å². The average Bonchev–Trinajstić information content (AvgIpc) is 3.25. The largest absolute Gasteiger partial charge is 0.467 e. The van der Waals surface area contributed by atoms with Crippen molar-refractivity contribution in [2.45, 2.75) is 23.9 Å². The first kappa shape index (κ1) is 21.4. The van der Waals surface area contributed by atoms with E-state index in [-0.39, 0.29) is 18.0 Å². The Hall–Kier alpha value is -2.81. The van der Waals surface area contributed by atoms with Gasteiger partial charge in [-0.25, -0.2) is 9.97 Å². The summed E-state index contributed by atoms with van der Waals surface area (Å²) in [6.07, 6.45) is 2.99. The smallest absolute Gasteiger partial charge is 0.262 e. The summed E-state index contributed by atoms with van der Waals surface area (Å²) in [6, 6.07) is 11.7. The number of anilines is 1. The predicted octanol–water partition coefficient (Wildman–Crippen LogP) is 4.86. The number of fused-ring (bicyclic) bond motifs is 1. The van der Waals surface area contributed by atoms with Gasteiger partial charge in [0.05, 0.1) is 34.0 Å². The van der Waals surface area contributed by atoms with Crippen LogP contribution in [0.1, 0.15) is 12.7 Å². The molecule has 10 heteroatoms. The summed E-state index contributed by atoms with van der Waals surface area (Å²) in [5, 5.41) is 3.92. The molecule has 7 nitrogen and oxygen atoms in total. The van der Waals surface area contributed by atoms with Crippen molar-refractivity contribution in [2.24, 2.45) is 0 Å². The van der Waals surface area contributed by atoms with Crippen LogP contribution >= 0.6 is 35.0 Å². The van der Waals surface area contributed by atoms with Crippen LogP contribution in [0.2, 0.25) is 10.0 Å². The van der Waals surface area contributed by atoms with Gasteiger partial charge in [0.1, 0.15) is 11.6 Å². The monoisotopic (exact) mass is 474 g/mol. The van der Waals surface area contributed by atoms with Gasteiger partial charge in [0.2, 0.25) is 5.91 Å². The Morgan fingerprint density at radius 3 is 2.74 bits per heavy atom. The lowest BCUT2D eigenvalue weighted by atomic mass is 10.2. The molecule has 1 aromatic carbocycles. The average molecular weight is 475 g/mol. The molecule has 0 saturated carbocycles. The summed E-state index contributed by atoms with van der Waals surface area (Å²) in [5.74, 6) is 0.694. The molecule has 0 aliphatic heterocycles. The molecule has 3 heterocycles. The quantitative estimate of drug-likeness (QED) is 0.317. The standard InChI is InChI=1S/C21H16Cl2N4O3S/c1-12(19(28)26-18-7-5-14(23)10-24-18)31-21-25-17-9-13(22)4-6-16(17)20(29)27(21)11-15-3-2-8-30-15/h2-10,12H,11H2,1H3,(H,24,26,28)/t12-/m0/s1. The fourth-order valence-corrected chi connectivity index (χ4v) is 4.04. The molecule has 0 unspecified atom stereocenters. The van der Waals surface area contributed by atoms with Crippen LogP contribution in [0.3, 0.4) is 0 Å². The highest BCUT2D eigenvalue weighted by Gasteiger charge is 2.20. The summed E-state index contributed by atoms with van der Waals surface area (Å²) < 4.78 is 6.89. The van der Waals surface area contributed by atoms with Gasteiger partial charge in [-0.15, -0.1) is 0 Å². The molecule has 3 aromatic heterocycles. The van der Waals surface area contributed by atoms with E-state index in [9.17, 15) is 9.59 Å². The minimum Gasteiger partial charge on any atom is -0.467 e. The van der Waals surface area contributed by atoms with Gasteiger partial charge in [-0.3, -0.25) is 14.2 Å². The molecule has 0 aliphatic carbocycles. The minimum atomic E-state index is -0.566. The van der Waals surface area contributed by atoms with E-state index in [2.05, 4.69) is 15.3 Å². The number of halogens is 2. The molecule has 0 aliphatic rings. The van der Waals surface area contributed by atoms with Crippen molar-refractivity contribution in [3.05, 3.63) is 81.1 Å². The summed E-state index contributed by atoms with van der Waals surface area (Å²) in [6.45, 7) is 1.91. The predicted molar refractivity (Wildman–Crippen MR) is 122 cm³/mol. The highest BCUT2D eigenvalue weighted by atomic mass is 35.5. The van der Waals surface area contributed by atoms with Crippen molar-refractivity contribution in [3.8, 4) is 0 Å². The number of rotatable bonds is 6. The highest BCUT2D eigenvalue weighted by molar-refractivity contribution is 8.00. The Kier molecular flexibility index (Phi) is 6.31. The Morgan fingerprint density at radius 2 is 2.03 bits per heavy atom. The van der Waals surface area contributed by atoms with Gasteiger partial charge in [0.15, 0.2) is 5.16 Å². The first-order valence-corrected chi connectivity index (χ1v) is 10.9. The zero-order chi connectivity index (χ0) is 22.0. The van der Waals surface area contributed by atoms with E-state index in [4.69, 9.17) is 27.6 Å². The first-order valence-electron chi connectivity index (χ1n) is 9.22. The van der Waals surface area contributed by atoms with E-state index in [1.807, 2.05) is 0 Å². The van der Waals surface area contributed by atoms with Crippen LogP contribution in [-0.4, -0.2) is 25.7 Å². The van der Waals surface area contributed by atoms with Crippen LogP contribution in [0.25, 0.3) is 10.9 Å². The lowest BCUT2D eigenvalue weighted by Crippen LogP contribution is -2.27. The van der Waals surface area contributed by atoms with Gasteiger partial charge >= 0.3 is 0 Å². The molecule has 1 N–H and O–H groups in total. The maximum absolute atomic E-state index is 13.2. The van der Waals surface area contributed by atoms with Crippen molar-refractivity contribution in [2.75, 3.05) is 5.32 Å². The summed E-state index contributed by atoms with van der Waals surface area (Å²) in [5.41, 5.74) is 0.218. The molecule has 1 atom stereocenters. The molecule has 0 radical (unpaired) electrons. The highest BCUT2D eigenvalue weighted by Crippen LogP contribution is 2.25. The number of pyridine rings is 1. The van der Waals surface area contributed by atoms with Gasteiger partial charge in [0, 0.05) is 11.2 Å². The van der Waals surface area contributed by atoms with E-state index >= 15 is 0 Å². The van der Waals surface area contributed by atoms with Crippen LogP contribution in [0.15, 0.2) is 69.3 Å². The van der Waals surface area contributed by atoms with Crippen molar-refractivity contribution in [3.63, 3.8) is 0 Å². The number of carbonyl (C=O) groups excluding carboxylic acids is 1. The maximum atomic E-state index is 13.2. The SMILES string of the molecule is C[C@H](Sc1nc2cc(Cl)ccc2c(=O)n1Cc1ccco1)C(=O)Nc1ccc(Cl)cn1. The minimum absolute atomic E-state index is 0.187. The van der Waals surface area contributed by atoms with Gasteiger partial charge in [-0.1, -0.05) is 35.0 Å². The number of thioether (sulfide) groups is 1. The number of hydrogen-bond donors (Lipinski definition) is 1. The second-order valence-corrected chi connectivity index (χ2v) is 8.82. The van der Waals surface area contributed by atoms with E-state index in [0.717, 1.165) is 11.8 Å². The van der Waals surface area contributed by atoms with E-state index in [1.54, 1.807) is 49.4 Å². The summed E-state index contributed by atoms with van der Waals surface area (Å²) in [4.78, 5) is 34.5. The third-order valence-electron chi connectivity index (χ3n) is 4.41. The van der Waals surface area contributed by atoms with E-state index in [1.165, 1.54) is 17.0 Å². The van der Waals surface area contributed by atoms with Crippen molar-refractivity contribution in [1.29, 1.82) is 0 Å². The molecule has 0 spiro atoms.